The minimum absolute atomic E-state index is 0.0144. The zero-order valence-corrected chi connectivity index (χ0v) is 34.9. The molecule has 0 aliphatic heterocycles. The van der Waals surface area contributed by atoms with Crippen LogP contribution in [0.1, 0.15) is 104 Å². The number of hydrogen-bond donors (Lipinski definition) is 2. The molecule has 0 saturated heterocycles. The van der Waals surface area contributed by atoms with Crippen LogP contribution in [0.5, 0.6) is 0 Å². The molecular weight excluding hydrogens is 681 g/mol. The van der Waals surface area contributed by atoms with Gasteiger partial charge in [0.25, 0.3) is 0 Å². The van der Waals surface area contributed by atoms with Crippen molar-refractivity contribution in [3.8, 4) is 11.1 Å². The highest BCUT2D eigenvalue weighted by molar-refractivity contribution is 5.81. The quantitative estimate of drug-likeness (QED) is 0.109. The first-order chi connectivity index (χ1) is 26.9. The first-order valence-electron chi connectivity index (χ1n) is 20.6. The average molecular weight is 743 g/mol. The van der Waals surface area contributed by atoms with Crippen LogP contribution in [-0.4, -0.2) is 6.54 Å². The van der Waals surface area contributed by atoms with Crippen LogP contribution in [0.4, 0.5) is 39.8 Å². The van der Waals surface area contributed by atoms with Gasteiger partial charge in [0.15, 0.2) is 0 Å². The van der Waals surface area contributed by atoms with Crippen molar-refractivity contribution in [3.63, 3.8) is 0 Å². The van der Waals surface area contributed by atoms with Crippen molar-refractivity contribution in [2.45, 2.75) is 97.9 Å². The Balaban J connectivity index is 1.33. The van der Waals surface area contributed by atoms with Crippen LogP contribution in [0.15, 0.2) is 146 Å². The minimum atomic E-state index is 0.0144. The molecule has 6 aromatic rings. The molecule has 0 aromatic heterocycles. The van der Waals surface area contributed by atoms with Crippen molar-refractivity contribution >= 4 is 39.8 Å². The fourth-order valence-corrected chi connectivity index (χ4v) is 7.26. The third kappa shape index (κ3) is 9.72. The predicted octanol–water partition coefficient (Wildman–Crippen LogP) is 14.9. The van der Waals surface area contributed by atoms with E-state index >= 15 is 0 Å². The third-order valence-electron chi connectivity index (χ3n) is 10.7. The molecule has 56 heavy (non-hydrogen) atoms. The largest absolute Gasteiger partial charge is 0.385 e. The smallest absolute Gasteiger partial charge is 0.0482 e. The second-order valence-electron chi connectivity index (χ2n) is 17.2. The number of unbranched alkanes of at least 4 members (excludes halogenated alkanes) is 1. The Morgan fingerprint density at radius 3 is 1.36 bits per heavy atom. The minimum Gasteiger partial charge on any atom is -0.385 e. The zero-order chi connectivity index (χ0) is 39.9. The topological polar surface area (TPSA) is 44.5 Å². The van der Waals surface area contributed by atoms with E-state index < -0.39 is 0 Å². The summed E-state index contributed by atoms with van der Waals surface area (Å²) >= 11 is 0. The Bertz CT molecular complexity index is 2140. The Labute approximate surface area is 337 Å². The summed E-state index contributed by atoms with van der Waals surface area (Å²) < 4.78 is 0. The molecule has 1 atom stereocenters. The van der Waals surface area contributed by atoms with E-state index in [9.17, 15) is 0 Å². The molecule has 4 nitrogen and oxygen atoms in total. The van der Waals surface area contributed by atoms with Gasteiger partial charge >= 0.3 is 0 Å². The molecule has 0 aliphatic carbocycles. The molecule has 3 N–H and O–H groups in total. The van der Waals surface area contributed by atoms with E-state index in [2.05, 4.69) is 216 Å². The molecule has 290 valence electrons. The number of anilines is 7. The lowest BCUT2D eigenvalue weighted by Gasteiger charge is -2.28. The van der Waals surface area contributed by atoms with Gasteiger partial charge in [0, 0.05) is 52.4 Å². The van der Waals surface area contributed by atoms with Gasteiger partial charge in [0.05, 0.1) is 0 Å². The molecule has 0 radical (unpaired) electrons. The maximum Gasteiger partial charge on any atom is 0.0482 e. The lowest BCUT2D eigenvalue weighted by atomic mass is 9.87. The van der Waals surface area contributed by atoms with Crippen LogP contribution in [0.3, 0.4) is 0 Å². The molecule has 0 fully saturated rings. The number of nitrogens with two attached hydrogens (primary N) is 1. The summed E-state index contributed by atoms with van der Waals surface area (Å²) in [6.07, 6.45) is 4.33. The van der Waals surface area contributed by atoms with Crippen molar-refractivity contribution < 1.29 is 0 Å². The van der Waals surface area contributed by atoms with Crippen molar-refractivity contribution in [2.24, 2.45) is 5.73 Å². The first kappa shape index (κ1) is 40.3. The molecule has 0 aliphatic rings. The summed E-state index contributed by atoms with van der Waals surface area (Å²) in [6.45, 7) is 19.0. The number of hydrogen-bond acceptors (Lipinski definition) is 4. The molecular formula is C52H62N4. The summed E-state index contributed by atoms with van der Waals surface area (Å²) in [4.78, 5) is 4.70. The summed E-state index contributed by atoms with van der Waals surface area (Å²) in [5.74, 6) is 0. The molecule has 6 aromatic carbocycles. The molecule has 0 amide bonds. The number of rotatable bonds is 14. The van der Waals surface area contributed by atoms with Crippen LogP contribution in [-0.2, 0) is 10.8 Å². The zero-order valence-electron chi connectivity index (χ0n) is 34.9. The summed E-state index contributed by atoms with van der Waals surface area (Å²) in [7, 11) is 0. The van der Waals surface area contributed by atoms with Crippen LogP contribution >= 0.6 is 0 Å². The molecule has 0 spiro atoms. The van der Waals surface area contributed by atoms with Gasteiger partial charge in [0.1, 0.15) is 0 Å². The van der Waals surface area contributed by atoms with Crippen molar-refractivity contribution in [1.29, 1.82) is 0 Å². The lowest BCUT2D eigenvalue weighted by Crippen LogP contribution is -2.14. The van der Waals surface area contributed by atoms with Gasteiger partial charge in [-0.3, -0.25) is 0 Å². The second-order valence-corrected chi connectivity index (χ2v) is 17.2. The van der Waals surface area contributed by atoms with Gasteiger partial charge in [-0.25, -0.2) is 0 Å². The van der Waals surface area contributed by atoms with Gasteiger partial charge in [-0.05, 0) is 130 Å². The lowest BCUT2D eigenvalue weighted by molar-refractivity contribution is 0.590. The summed E-state index contributed by atoms with van der Waals surface area (Å²) in [5, 5.41) is 3.62. The maximum absolute atomic E-state index is 6.63. The fraction of sp³-hybridized carbons (Fsp3) is 0.308. The van der Waals surface area contributed by atoms with Crippen molar-refractivity contribution in [1.82, 2.24) is 0 Å². The second kappa shape index (κ2) is 17.6. The van der Waals surface area contributed by atoms with Crippen molar-refractivity contribution in [2.75, 3.05) is 21.7 Å². The van der Waals surface area contributed by atoms with E-state index in [0.717, 1.165) is 71.2 Å². The predicted molar refractivity (Wildman–Crippen MR) is 244 cm³/mol. The van der Waals surface area contributed by atoms with Crippen LogP contribution in [0.25, 0.3) is 11.1 Å². The Morgan fingerprint density at radius 1 is 0.500 bits per heavy atom. The SMILES string of the molecule is CCCCNc1cccc(N(c2ccc(-c3ccc(N(c4ccc(C(C)(C)C)cc4)c4cccc(C(N)CCC)c4)cc3)cc2)c2ccc(C(C)(C)C)cc2)c1. The molecule has 0 saturated carbocycles. The molecule has 0 bridgehead atoms. The molecule has 4 heteroatoms. The van der Waals surface area contributed by atoms with Crippen LogP contribution in [0, 0.1) is 0 Å². The monoisotopic (exact) mass is 742 g/mol. The highest BCUT2D eigenvalue weighted by Crippen LogP contribution is 2.40. The van der Waals surface area contributed by atoms with E-state index in [-0.39, 0.29) is 16.9 Å². The van der Waals surface area contributed by atoms with Crippen LogP contribution in [0.2, 0.25) is 0 Å². The normalized spacial score (nSPS) is 12.3. The van der Waals surface area contributed by atoms with Gasteiger partial charge in [-0.2, -0.15) is 0 Å². The Morgan fingerprint density at radius 2 is 0.929 bits per heavy atom. The number of nitrogens with one attached hydrogen (secondary N) is 1. The van der Waals surface area contributed by atoms with Gasteiger partial charge < -0.3 is 20.9 Å². The van der Waals surface area contributed by atoms with Gasteiger partial charge in [0.2, 0.25) is 0 Å². The van der Waals surface area contributed by atoms with Crippen LogP contribution < -0.4 is 20.9 Å². The van der Waals surface area contributed by atoms with Gasteiger partial charge in [-0.1, -0.05) is 135 Å². The van der Waals surface area contributed by atoms with E-state index in [1.165, 1.54) is 28.7 Å². The maximum atomic E-state index is 6.63. The summed E-state index contributed by atoms with van der Waals surface area (Å²) in [5.41, 5.74) is 20.8. The van der Waals surface area contributed by atoms with E-state index in [4.69, 9.17) is 5.73 Å². The van der Waals surface area contributed by atoms with Gasteiger partial charge in [-0.15, -0.1) is 0 Å². The molecule has 6 rings (SSSR count). The highest BCUT2D eigenvalue weighted by atomic mass is 15.1. The average Bonchev–Trinajstić information content (AvgIpc) is 3.19. The summed E-state index contributed by atoms with van der Waals surface area (Å²) in [6, 6.07) is 53.4. The Hall–Kier alpha value is -5.32. The number of benzene rings is 6. The Kier molecular flexibility index (Phi) is 12.7. The fourth-order valence-electron chi connectivity index (χ4n) is 7.26. The molecule has 1 unspecified atom stereocenters. The standard InChI is InChI=1S/C52H62N4/c1-9-11-35-54-43-16-13-18-49(37-43)56(47-33-25-42(26-34-47)52(6,7)8)45-29-21-39(22-30-45)38-19-27-44(28-20-38)55(46-31-23-41(24-32-46)51(3,4)5)48-17-12-15-40(36-48)50(53)14-10-2/h12-13,15-34,36-37,50,54H,9-11,14,35,53H2,1-8H3. The van der Waals surface area contributed by atoms with E-state index in [1.54, 1.807) is 0 Å². The number of nitrogens with zero attached hydrogens (tertiary/aromatic N) is 2. The highest BCUT2D eigenvalue weighted by Gasteiger charge is 2.19. The van der Waals surface area contributed by atoms with E-state index in [0.29, 0.717) is 0 Å². The third-order valence-corrected chi connectivity index (χ3v) is 10.7. The van der Waals surface area contributed by atoms with E-state index in [1.807, 2.05) is 0 Å². The van der Waals surface area contributed by atoms with Crippen molar-refractivity contribution in [3.05, 3.63) is 162 Å². The molecule has 0 heterocycles. The first-order valence-corrected chi connectivity index (χ1v) is 20.6.